The molecule has 0 saturated carbocycles. The number of ketones is 1. The van der Waals surface area contributed by atoms with Crippen LogP contribution >= 0.6 is 0 Å². The smallest absolute Gasteiger partial charge is 0.164 e. The van der Waals surface area contributed by atoms with E-state index in [1.54, 1.807) is 0 Å². The van der Waals surface area contributed by atoms with E-state index in [1.165, 1.54) is 12.1 Å². The fraction of sp³-hybridized carbons (Fsp3) is 0.364. The molecule has 14 heavy (non-hydrogen) atoms. The van der Waals surface area contributed by atoms with Gasteiger partial charge in [0.05, 0.1) is 0 Å². The van der Waals surface area contributed by atoms with E-state index in [-0.39, 0.29) is 22.7 Å². The Morgan fingerprint density at radius 2 is 1.79 bits per heavy atom. The maximum absolute atomic E-state index is 11.6. The normalized spacial score (nSPS) is 18.3. The van der Waals surface area contributed by atoms with E-state index in [2.05, 4.69) is 0 Å². The van der Waals surface area contributed by atoms with Crippen molar-refractivity contribution in [1.29, 1.82) is 0 Å². The highest BCUT2D eigenvalue weighted by Gasteiger charge is 2.36. The summed E-state index contributed by atoms with van der Waals surface area (Å²) in [5, 5.41) is 18.6. The van der Waals surface area contributed by atoms with Crippen molar-refractivity contribution < 1.29 is 15.0 Å². The van der Waals surface area contributed by atoms with Gasteiger partial charge in [0.1, 0.15) is 0 Å². The molecule has 0 fully saturated rings. The molecule has 0 aromatic heterocycles. The average Bonchev–Trinajstić information content (AvgIpc) is 2.26. The van der Waals surface area contributed by atoms with Crippen LogP contribution in [0, 0.1) is 0 Å². The van der Waals surface area contributed by atoms with Gasteiger partial charge in [-0.05, 0) is 23.1 Å². The highest BCUT2D eigenvalue weighted by molar-refractivity contribution is 6.02. The fourth-order valence-corrected chi connectivity index (χ4v) is 1.96. The van der Waals surface area contributed by atoms with Gasteiger partial charge in [-0.3, -0.25) is 4.79 Å². The molecule has 3 nitrogen and oxygen atoms in total. The van der Waals surface area contributed by atoms with Crippen molar-refractivity contribution in [2.75, 3.05) is 0 Å². The third kappa shape index (κ3) is 1.09. The van der Waals surface area contributed by atoms with Gasteiger partial charge < -0.3 is 10.2 Å². The van der Waals surface area contributed by atoms with Gasteiger partial charge >= 0.3 is 0 Å². The Balaban J connectivity index is 2.70. The lowest BCUT2D eigenvalue weighted by atomic mass is 9.86. The van der Waals surface area contributed by atoms with Crippen LogP contribution < -0.4 is 0 Å². The van der Waals surface area contributed by atoms with Gasteiger partial charge in [-0.15, -0.1) is 0 Å². The summed E-state index contributed by atoms with van der Waals surface area (Å²) < 4.78 is 0. The first-order valence-electron chi connectivity index (χ1n) is 4.51. The lowest BCUT2D eigenvalue weighted by Crippen LogP contribution is -2.12. The maximum Gasteiger partial charge on any atom is 0.164 e. The summed E-state index contributed by atoms with van der Waals surface area (Å²) in [7, 11) is 0. The molecule has 0 saturated heterocycles. The highest BCUT2D eigenvalue weighted by atomic mass is 16.3. The predicted molar refractivity (Wildman–Crippen MR) is 51.7 cm³/mol. The number of phenolic OH excluding ortho intramolecular Hbond substituents is 2. The lowest BCUT2D eigenvalue weighted by molar-refractivity contribution is 0.0979. The van der Waals surface area contributed by atoms with Gasteiger partial charge in [-0.25, -0.2) is 0 Å². The van der Waals surface area contributed by atoms with Crippen LogP contribution in [0.5, 0.6) is 11.5 Å². The molecule has 0 heterocycles. The van der Waals surface area contributed by atoms with Gasteiger partial charge in [0.25, 0.3) is 0 Å². The average molecular weight is 192 g/mol. The first-order chi connectivity index (χ1) is 6.42. The van der Waals surface area contributed by atoms with E-state index in [4.69, 9.17) is 0 Å². The molecule has 1 aliphatic rings. The van der Waals surface area contributed by atoms with Crippen molar-refractivity contribution in [2.45, 2.75) is 25.7 Å². The molecule has 1 aliphatic carbocycles. The van der Waals surface area contributed by atoms with Gasteiger partial charge in [0, 0.05) is 12.0 Å². The van der Waals surface area contributed by atoms with Crippen molar-refractivity contribution in [3.63, 3.8) is 0 Å². The standard InChI is InChI=1S/C11H12O3/c1-11(2)5-10(14)6-3-8(12)9(13)4-7(6)11/h3-4,12-13H,5H2,1-2H3. The van der Waals surface area contributed by atoms with Crippen LogP contribution in [0.15, 0.2) is 12.1 Å². The molecular weight excluding hydrogens is 180 g/mol. The molecule has 0 radical (unpaired) electrons. The number of hydrogen-bond donors (Lipinski definition) is 2. The molecule has 1 aromatic carbocycles. The van der Waals surface area contributed by atoms with Crippen molar-refractivity contribution in [3.05, 3.63) is 23.3 Å². The number of carbonyl (C=O) groups excluding carboxylic acids is 1. The minimum Gasteiger partial charge on any atom is -0.504 e. The van der Waals surface area contributed by atoms with Gasteiger partial charge in [0.15, 0.2) is 17.3 Å². The number of carbonyl (C=O) groups is 1. The van der Waals surface area contributed by atoms with Crippen LogP contribution in [0.3, 0.4) is 0 Å². The van der Waals surface area contributed by atoms with Crippen molar-refractivity contribution in [2.24, 2.45) is 0 Å². The lowest BCUT2D eigenvalue weighted by Gasteiger charge is -2.17. The minimum atomic E-state index is -0.238. The molecular formula is C11H12O3. The number of rotatable bonds is 0. The topological polar surface area (TPSA) is 57.5 Å². The largest absolute Gasteiger partial charge is 0.504 e. The van der Waals surface area contributed by atoms with E-state index in [0.717, 1.165) is 5.56 Å². The first kappa shape index (κ1) is 9.06. The Hall–Kier alpha value is -1.51. The Kier molecular flexibility index (Phi) is 1.62. The van der Waals surface area contributed by atoms with E-state index in [0.29, 0.717) is 12.0 Å². The van der Waals surface area contributed by atoms with Gasteiger partial charge in [-0.2, -0.15) is 0 Å². The zero-order valence-corrected chi connectivity index (χ0v) is 8.16. The van der Waals surface area contributed by atoms with E-state index >= 15 is 0 Å². The Morgan fingerprint density at radius 1 is 1.21 bits per heavy atom. The molecule has 1 aromatic rings. The van der Waals surface area contributed by atoms with Gasteiger partial charge in [0.2, 0.25) is 0 Å². The zero-order valence-electron chi connectivity index (χ0n) is 8.16. The van der Waals surface area contributed by atoms with Crippen LogP contribution in [0.1, 0.15) is 36.2 Å². The van der Waals surface area contributed by atoms with Crippen molar-refractivity contribution in [3.8, 4) is 11.5 Å². The molecule has 2 rings (SSSR count). The summed E-state index contributed by atoms with van der Waals surface area (Å²) in [4.78, 5) is 11.6. The molecule has 2 N–H and O–H groups in total. The molecule has 0 bridgehead atoms. The monoisotopic (exact) mass is 192 g/mol. The molecule has 74 valence electrons. The number of benzene rings is 1. The number of hydrogen-bond acceptors (Lipinski definition) is 3. The first-order valence-corrected chi connectivity index (χ1v) is 4.51. The maximum atomic E-state index is 11.6. The van der Waals surface area contributed by atoms with Crippen molar-refractivity contribution >= 4 is 5.78 Å². The van der Waals surface area contributed by atoms with Crippen LogP contribution in [-0.4, -0.2) is 16.0 Å². The van der Waals surface area contributed by atoms with Crippen LogP contribution in [0.4, 0.5) is 0 Å². The van der Waals surface area contributed by atoms with E-state index in [9.17, 15) is 15.0 Å². The second-order valence-corrected chi connectivity index (χ2v) is 4.37. The summed E-state index contributed by atoms with van der Waals surface area (Å²) in [5.74, 6) is -0.360. The molecule has 0 aliphatic heterocycles. The number of fused-ring (bicyclic) bond motifs is 1. The molecule has 3 heteroatoms. The Morgan fingerprint density at radius 3 is 2.43 bits per heavy atom. The summed E-state index contributed by atoms with van der Waals surface area (Å²) in [6.45, 7) is 3.90. The van der Waals surface area contributed by atoms with Crippen LogP contribution in [0.25, 0.3) is 0 Å². The summed E-state index contributed by atoms with van der Waals surface area (Å²) >= 11 is 0. The second-order valence-electron chi connectivity index (χ2n) is 4.37. The van der Waals surface area contributed by atoms with Crippen LogP contribution in [-0.2, 0) is 5.41 Å². The Labute approximate surface area is 82.0 Å². The third-order valence-corrected chi connectivity index (χ3v) is 2.75. The van der Waals surface area contributed by atoms with E-state index < -0.39 is 0 Å². The fourth-order valence-electron chi connectivity index (χ4n) is 1.96. The molecule has 0 spiro atoms. The quantitative estimate of drug-likeness (QED) is 0.618. The summed E-state index contributed by atoms with van der Waals surface area (Å²) in [6.07, 6.45) is 0.436. The molecule has 0 atom stereocenters. The molecule has 0 unspecified atom stereocenters. The second kappa shape index (κ2) is 2.50. The molecule has 0 amide bonds. The minimum absolute atomic E-state index is 0.0281. The predicted octanol–water partition coefficient (Wildman–Crippen LogP) is 1.96. The number of Topliss-reactive ketones (excluding diaryl/α,β-unsaturated/α-hetero) is 1. The number of aromatic hydroxyl groups is 2. The van der Waals surface area contributed by atoms with Crippen LogP contribution in [0.2, 0.25) is 0 Å². The highest BCUT2D eigenvalue weighted by Crippen LogP contribution is 2.42. The summed E-state index contributed by atoms with van der Waals surface area (Å²) in [6, 6.07) is 2.83. The van der Waals surface area contributed by atoms with E-state index in [1.807, 2.05) is 13.8 Å². The zero-order chi connectivity index (χ0) is 10.5. The number of phenols is 2. The SMILES string of the molecule is CC1(C)CC(=O)c2cc(O)c(O)cc21. The van der Waals surface area contributed by atoms with Crippen molar-refractivity contribution in [1.82, 2.24) is 0 Å². The van der Waals surface area contributed by atoms with Gasteiger partial charge in [-0.1, -0.05) is 13.8 Å². The summed E-state index contributed by atoms with van der Waals surface area (Å²) in [5.41, 5.74) is 1.11. The third-order valence-electron chi connectivity index (χ3n) is 2.75. The Bertz CT molecular complexity index is 419.